The molecular formula is C16H15N3O4. The van der Waals surface area contributed by atoms with Gasteiger partial charge in [0.15, 0.2) is 0 Å². The van der Waals surface area contributed by atoms with E-state index in [-0.39, 0.29) is 5.69 Å². The molecule has 0 aliphatic heterocycles. The van der Waals surface area contributed by atoms with Crippen molar-refractivity contribution in [3.8, 4) is 5.75 Å². The predicted octanol–water partition coefficient (Wildman–Crippen LogP) is 2.76. The average Bonchev–Trinajstić information content (AvgIpc) is 2.56. The van der Waals surface area contributed by atoms with E-state index in [2.05, 4.69) is 10.5 Å². The second kappa shape index (κ2) is 7.69. The fourth-order valence-electron chi connectivity index (χ4n) is 1.84. The first kappa shape index (κ1) is 16.2. The molecule has 2 rings (SSSR count). The number of benzene rings is 2. The molecular weight excluding hydrogens is 298 g/mol. The zero-order valence-electron chi connectivity index (χ0n) is 12.4. The maximum atomic E-state index is 12.1. The maximum absolute atomic E-state index is 12.1. The highest BCUT2D eigenvalue weighted by Crippen LogP contribution is 2.17. The fraction of sp³-hybridized carbons (Fsp3) is 0.125. The summed E-state index contributed by atoms with van der Waals surface area (Å²) in [4.78, 5) is 22.2. The third kappa shape index (κ3) is 4.37. The van der Waals surface area contributed by atoms with Gasteiger partial charge in [-0.25, -0.2) is 5.43 Å². The van der Waals surface area contributed by atoms with Crippen molar-refractivity contribution in [3.05, 3.63) is 69.8 Å². The van der Waals surface area contributed by atoms with Crippen LogP contribution < -0.4 is 10.2 Å². The van der Waals surface area contributed by atoms with E-state index in [1.165, 1.54) is 18.3 Å². The highest BCUT2D eigenvalue weighted by atomic mass is 16.6. The van der Waals surface area contributed by atoms with Crippen molar-refractivity contribution in [1.82, 2.24) is 5.43 Å². The zero-order chi connectivity index (χ0) is 16.7. The van der Waals surface area contributed by atoms with Crippen LogP contribution >= 0.6 is 0 Å². The number of nitrogens with zero attached hydrogens (tertiary/aromatic N) is 2. The van der Waals surface area contributed by atoms with Crippen molar-refractivity contribution in [2.24, 2.45) is 5.10 Å². The standard InChI is InChI=1S/C16H15N3O4/c1-2-23-15-6-4-3-5-14(15)16(20)18-17-11-12-7-9-13(10-8-12)19(21)22/h3-11H,2H2,1H3,(H,18,20)/b17-11-. The number of hydrogen-bond acceptors (Lipinski definition) is 5. The van der Waals surface area contributed by atoms with E-state index >= 15 is 0 Å². The monoisotopic (exact) mass is 313 g/mol. The molecule has 1 amide bonds. The summed E-state index contributed by atoms with van der Waals surface area (Å²) in [5.41, 5.74) is 3.42. The molecule has 0 saturated carbocycles. The lowest BCUT2D eigenvalue weighted by molar-refractivity contribution is -0.384. The molecule has 118 valence electrons. The summed E-state index contributed by atoms with van der Waals surface area (Å²) in [6, 6.07) is 12.7. The van der Waals surface area contributed by atoms with Crippen LogP contribution in [0.2, 0.25) is 0 Å². The number of hydrazone groups is 1. The SMILES string of the molecule is CCOc1ccccc1C(=O)N/N=C\c1ccc([N+](=O)[O-])cc1. The van der Waals surface area contributed by atoms with Gasteiger partial charge >= 0.3 is 0 Å². The molecule has 2 aromatic carbocycles. The summed E-state index contributed by atoms with van der Waals surface area (Å²) >= 11 is 0. The second-order valence-corrected chi connectivity index (χ2v) is 4.48. The number of amides is 1. The Hall–Kier alpha value is -3.22. The average molecular weight is 313 g/mol. The molecule has 0 fully saturated rings. The van der Waals surface area contributed by atoms with E-state index in [9.17, 15) is 14.9 Å². The largest absolute Gasteiger partial charge is 0.493 e. The summed E-state index contributed by atoms with van der Waals surface area (Å²) in [5, 5.41) is 14.4. The number of nitrogens with one attached hydrogen (secondary N) is 1. The van der Waals surface area contributed by atoms with Gasteiger partial charge < -0.3 is 4.74 Å². The van der Waals surface area contributed by atoms with Gasteiger partial charge in [-0.1, -0.05) is 12.1 Å². The highest BCUT2D eigenvalue weighted by Gasteiger charge is 2.10. The summed E-state index contributed by atoms with van der Waals surface area (Å²) in [5.74, 6) is 0.0882. The molecule has 7 nitrogen and oxygen atoms in total. The van der Waals surface area contributed by atoms with Crippen LogP contribution in [0.3, 0.4) is 0 Å². The second-order valence-electron chi connectivity index (χ2n) is 4.48. The van der Waals surface area contributed by atoms with Crippen molar-refractivity contribution in [2.75, 3.05) is 6.61 Å². The number of carbonyl (C=O) groups is 1. The molecule has 23 heavy (non-hydrogen) atoms. The van der Waals surface area contributed by atoms with E-state index in [0.29, 0.717) is 23.5 Å². The predicted molar refractivity (Wildman–Crippen MR) is 85.8 cm³/mol. The van der Waals surface area contributed by atoms with Gasteiger partial charge in [0.05, 0.1) is 23.3 Å². The molecule has 2 aromatic rings. The van der Waals surface area contributed by atoms with Crippen molar-refractivity contribution >= 4 is 17.8 Å². The van der Waals surface area contributed by atoms with E-state index in [1.54, 1.807) is 36.4 Å². The molecule has 0 aliphatic carbocycles. The minimum atomic E-state index is -0.479. The van der Waals surface area contributed by atoms with Crippen LogP contribution in [0, 0.1) is 10.1 Å². The summed E-state index contributed by atoms with van der Waals surface area (Å²) in [6.45, 7) is 2.29. The van der Waals surface area contributed by atoms with Crippen molar-refractivity contribution in [1.29, 1.82) is 0 Å². The van der Waals surface area contributed by atoms with Crippen molar-refractivity contribution in [2.45, 2.75) is 6.92 Å². The summed E-state index contributed by atoms with van der Waals surface area (Å²) in [6.07, 6.45) is 1.41. The van der Waals surface area contributed by atoms with Crippen LogP contribution in [-0.2, 0) is 0 Å². The molecule has 0 heterocycles. The van der Waals surface area contributed by atoms with Gasteiger partial charge in [-0.15, -0.1) is 0 Å². The van der Waals surface area contributed by atoms with Crippen LogP contribution in [0.4, 0.5) is 5.69 Å². The Labute approximate surface area is 132 Å². The molecule has 0 atom stereocenters. The number of nitro benzene ring substituents is 1. The van der Waals surface area contributed by atoms with Gasteiger partial charge in [-0.2, -0.15) is 5.10 Å². The van der Waals surface area contributed by atoms with Crippen LogP contribution in [0.1, 0.15) is 22.8 Å². The molecule has 0 aromatic heterocycles. The number of nitro groups is 1. The molecule has 0 unspecified atom stereocenters. The smallest absolute Gasteiger partial charge is 0.275 e. The molecule has 0 saturated heterocycles. The Morgan fingerprint density at radius 1 is 1.26 bits per heavy atom. The summed E-state index contributed by atoms with van der Waals surface area (Å²) in [7, 11) is 0. The van der Waals surface area contributed by atoms with Gasteiger partial charge in [-0.3, -0.25) is 14.9 Å². The number of hydrogen-bond donors (Lipinski definition) is 1. The van der Waals surface area contributed by atoms with Crippen LogP contribution in [0.15, 0.2) is 53.6 Å². The Balaban J connectivity index is 2.02. The Bertz CT molecular complexity index is 726. The number of ether oxygens (including phenoxy) is 1. The van der Waals surface area contributed by atoms with Gasteiger partial charge in [0, 0.05) is 12.1 Å². The maximum Gasteiger partial charge on any atom is 0.275 e. The number of rotatable bonds is 6. The Morgan fingerprint density at radius 2 is 1.96 bits per heavy atom. The molecule has 7 heteroatoms. The van der Waals surface area contributed by atoms with E-state index in [4.69, 9.17) is 4.74 Å². The molecule has 0 aliphatic rings. The lowest BCUT2D eigenvalue weighted by atomic mass is 10.2. The zero-order valence-corrected chi connectivity index (χ0v) is 12.4. The minimum absolute atomic E-state index is 0.00294. The molecule has 0 bridgehead atoms. The minimum Gasteiger partial charge on any atom is -0.493 e. The molecule has 1 N–H and O–H groups in total. The topological polar surface area (TPSA) is 93.8 Å². The first-order valence-electron chi connectivity index (χ1n) is 6.91. The molecule has 0 radical (unpaired) electrons. The van der Waals surface area contributed by atoms with Gasteiger partial charge in [0.2, 0.25) is 0 Å². The number of para-hydroxylation sites is 1. The number of non-ortho nitro benzene ring substituents is 1. The van der Waals surface area contributed by atoms with E-state index in [1.807, 2.05) is 6.92 Å². The Morgan fingerprint density at radius 3 is 2.61 bits per heavy atom. The van der Waals surface area contributed by atoms with Gasteiger partial charge in [0.1, 0.15) is 5.75 Å². The Kier molecular flexibility index (Phi) is 5.40. The van der Waals surface area contributed by atoms with Crippen LogP contribution in [0.5, 0.6) is 5.75 Å². The third-order valence-electron chi connectivity index (χ3n) is 2.92. The number of carbonyl (C=O) groups excluding carboxylic acids is 1. The first-order valence-corrected chi connectivity index (χ1v) is 6.91. The lowest BCUT2D eigenvalue weighted by Crippen LogP contribution is -2.18. The van der Waals surface area contributed by atoms with Crippen LogP contribution in [0.25, 0.3) is 0 Å². The van der Waals surface area contributed by atoms with Gasteiger partial charge in [0.25, 0.3) is 11.6 Å². The normalized spacial score (nSPS) is 10.5. The van der Waals surface area contributed by atoms with E-state index < -0.39 is 10.8 Å². The lowest BCUT2D eigenvalue weighted by Gasteiger charge is -2.08. The highest BCUT2D eigenvalue weighted by molar-refractivity contribution is 5.97. The third-order valence-corrected chi connectivity index (χ3v) is 2.92. The van der Waals surface area contributed by atoms with Crippen molar-refractivity contribution in [3.63, 3.8) is 0 Å². The quantitative estimate of drug-likeness (QED) is 0.504. The summed E-state index contributed by atoms with van der Waals surface area (Å²) < 4.78 is 5.38. The van der Waals surface area contributed by atoms with Crippen LogP contribution in [-0.4, -0.2) is 23.7 Å². The first-order chi connectivity index (χ1) is 11.1. The van der Waals surface area contributed by atoms with Gasteiger partial charge in [-0.05, 0) is 36.8 Å². The fourth-order valence-corrected chi connectivity index (χ4v) is 1.84. The van der Waals surface area contributed by atoms with E-state index in [0.717, 1.165) is 0 Å². The molecule has 0 spiro atoms. The van der Waals surface area contributed by atoms with Crippen molar-refractivity contribution < 1.29 is 14.5 Å².